The Hall–Kier alpha value is -1.53. The van der Waals surface area contributed by atoms with Crippen molar-refractivity contribution >= 4 is 22.0 Å². The van der Waals surface area contributed by atoms with Crippen molar-refractivity contribution in [3.8, 4) is 0 Å². The maximum atomic E-state index is 12.1. The summed E-state index contributed by atoms with van der Waals surface area (Å²) in [5.74, 6) is 0. The standard InChI is InChI=1S/C14H19N3O2S/c1-9(17-20(19)14(2,3)4)10-8-12-11(16-13(10)18)6-5-7-15-12/h5-9,17H,1-4H3,(H,16,18)/t9-,20-/m0/s1. The van der Waals surface area contributed by atoms with Gasteiger partial charge in [0.25, 0.3) is 5.56 Å². The largest absolute Gasteiger partial charge is 0.320 e. The van der Waals surface area contributed by atoms with Gasteiger partial charge in [-0.3, -0.25) is 9.78 Å². The van der Waals surface area contributed by atoms with E-state index in [1.807, 2.05) is 27.7 Å². The molecule has 0 aliphatic heterocycles. The van der Waals surface area contributed by atoms with Crippen molar-refractivity contribution < 1.29 is 4.21 Å². The molecule has 0 radical (unpaired) electrons. The van der Waals surface area contributed by atoms with Gasteiger partial charge in [-0.1, -0.05) is 0 Å². The van der Waals surface area contributed by atoms with E-state index in [9.17, 15) is 9.00 Å². The minimum absolute atomic E-state index is 0.184. The molecule has 108 valence electrons. The first kappa shape index (κ1) is 14.9. The van der Waals surface area contributed by atoms with Gasteiger partial charge in [-0.2, -0.15) is 0 Å². The average molecular weight is 293 g/mol. The molecule has 0 unspecified atom stereocenters. The Morgan fingerprint density at radius 2 is 2.10 bits per heavy atom. The van der Waals surface area contributed by atoms with Gasteiger partial charge in [0, 0.05) is 17.8 Å². The molecule has 0 aromatic carbocycles. The van der Waals surface area contributed by atoms with E-state index in [2.05, 4.69) is 14.7 Å². The zero-order valence-corrected chi connectivity index (χ0v) is 12.9. The third-order valence-corrected chi connectivity index (χ3v) is 4.63. The number of nitrogens with zero attached hydrogens (tertiary/aromatic N) is 1. The molecule has 0 spiro atoms. The first-order valence-corrected chi connectivity index (χ1v) is 7.60. The van der Waals surface area contributed by atoms with Crippen LogP contribution in [0.3, 0.4) is 0 Å². The Labute approximate surface area is 120 Å². The summed E-state index contributed by atoms with van der Waals surface area (Å²) in [6, 6.07) is 5.00. The highest BCUT2D eigenvalue weighted by molar-refractivity contribution is 7.84. The lowest BCUT2D eigenvalue weighted by molar-refractivity contribution is 0.615. The SMILES string of the molecule is C[C@H](N[S@@](=O)C(C)(C)C)c1cc2ncccc2[nH]c1=O. The van der Waals surface area contributed by atoms with E-state index in [0.717, 1.165) is 5.52 Å². The molecule has 0 bridgehead atoms. The van der Waals surface area contributed by atoms with Crippen molar-refractivity contribution in [1.29, 1.82) is 0 Å². The molecule has 0 fully saturated rings. The Kier molecular flexibility index (Phi) is 4.06. The molecule has 2 heterocycles. The first-order valence-electron chi connectivity index (χ1n) is 6.45. The predicted octanol–water partition coefficient (Wildman–Crippen LogP) is 2.04. The summed E-state index contributed by atoms with van der Waals surface area (Å²) in [6.07, 6.45) is 1.68. The molecule has 20 heavy (non-hydrogen) atoms. The normalized spacial score (nSPS) is 15.2. The molecule has 2 N–H and O–H groups in total. The van der Waals surface area contributed by atoms with Gasteiger partial charge in [0.05, 0.1) is 26.8 Å². The van der Waals surface area contributed by atoms with Crippen LogP contribution in [-0.2, 0) is 11.0 Å². The van der Waals surface area contributed by atoms with Crippen LogP contribution in [0.2, 0.25) is 0 Å². The third-order valence-electron chi connectivity index (χ3n) is 2.95. The number of nitrogens with one attached hydrogen (secondary N) is 2. The molecule has 2 atom stereocenters. The van der Waals surface area contributed by atoms with Gasteiger partial charge in [-0.05, 0) is 45.9 Å². The van der Waals surface area contributed by atoms with E-state index in [4.69, 9.17) is 0 Å². The Balaban J connectivity index is 2.35. The summed E-state index contributed by atoms with van der Waals surface area (Å²) < 4.78 is 14.7. The molecular weight excluding hydrogens is 274 g/mol. The van der Waals surface area contributed by atoms with E-state index in [1.54, 1.807) is 24.4 Å². The summed E-state index contributed by atoms with van der Waals surface area (Å²) >= 11 is 0. The molecular formula is C14H19N3O2S. The highest BCUT2D eigenvalue weighted by Gasteiger charge is 2.22. The number of H-pyrrole nitrogens is 1. The topological polar surface area (TPSA) is 74.8 Å². The van der Waals surface area contributed by atoms with Crippen LogP contribution in [0.15, 0.2) is 29.2 Å². The summed E-state index contributed by atoms with van der Waals surface area (Å²) in [7, 11) is -1.23. The lowest BCUT2D eigenvalue weighted by atomic mass is 10.1. The van der Waals surface area contributed by atoms with Crippen LogP contribution in [0.1, 0.15) is 39.3 Å². The van der Waals surface area contributed by atoms with Crippen molar-refractivity contribution in [2.75, 3.05) is 0 Å². The van der Waals surface area contributed by atoms with Gasteiger partial charge in [-0.15, -0.1) is 0 Å². The van der Waals surface area contributed by atoms with E-state index in [-0.39, 0.29) is 16.3 Å². The molecule has 2 aromatic heterocycles. The van der Waals surface area contributed by atoms with Crippen LogP contribution >= 0.6 is 0 Å². The highest BCUT2D eigenvalue weighted by Crippen LogP contribution is 2.16. The molecule has 0 amide bonds. The Morgan fingerprint density at radius 3 is 2.75 bits per heavy atom. The first-order chi connectivity index (χ1) is 9.29. The lowest BCUT2D eigenvalue weighted by Gasteiger charge is -2.21. The summed E-state index contributed by atoms with van der Waals surface area (Å²) in [5.41, 5.74) is 1.77. The van der Waals surface area contributed by atoms with Gasteiger partial charge in [0.1, 0.15) is 0 Å². The molecule has 0 aliphatic carbocycles. The molecule has 2 rings (SSSR count). The van der Waals surface area contributed by atoms with Crippen molar-refractivity contribution in [3.05, 3.63) is 40.3 Å². The number of hydrogen-bond acceptors (Lipinski definition) is 3. The molecule has 5 nitrogen and oxygen atoms in total. The van der Waals surface area contributed by atoms with Crippen LogP contribution in [-0.4, -0.2) is 18.9 Å². The Morgan fingerprint density at radius 1 is 1.40 bits per heavy atom. The number of fused-ring (bicyclic) bond motifs is 1. The van der Waals surface area contributed by atoms with Crippen LogP contribution in [0.5, 0.6) is 0 Å². The van der Waals surface area contributed by atoms with Crippen LogP contribution < -0.4 is 10.3 Å². The van der Waals surface area contributed by atoms with Gasteiger partial charge in [0.15, 0.2) is 0 Å². The Bertz CT molecular complexity index is 703. The fourth-order valence-electron chi connectivity index (χ4n) is 1.77. The van der Waals surface area contributed by atoms with Crippen LogP contribution in [0, 0.1) is 0 Å². The second-order valence-electron chi connectivity index (χ2n) is 5.71. The van der Waals surface area contributed by atoms with E-state index < -0.39 is 11.0 Å². The fraction of sp³-hybridized carbons (Fsp3) is 0.429. The van der Waals surface area contributed by atoms with Crippen molar-refractivity contribution in [2.45, 2.75) is 38.5 Å². The second kappa shape index (κ2) is 5.46. The number of aromatic nitrogens is 2. The van der Waals surface area contributed by atoms with Gasteiger partial charge < -0.3 is 4.98 Å². The number of aromatic amines is 1. The predicted molar refractivity (Wildman–Crippen MR) is 81.8 cm³/mol. The molecule has 0 saturated carbocycles. The number of pyridine rings is 2. The number of hydrogen-bond donors (Lipinski definition) is 2. The maximum Gasteiger partial charge on any atom is 0.253 e. The highest BCUT2D eigenvalue weighted by atomic mass is 32.2. The van der Waals surface area contributed by atoms with Crippen molar-refractivity contribution in [3.63, 3.8) is 0 Å². The lowest BCUT2D eigenvalue weighted by Crippen LogP contribution is -2.36. The minimum atomic E-state index is -1.23. The van der Waals surface area contributed by atoms with E-state index >= 15 is 0 Å². The van der Waals surface area contributed by atoms with Gasteiger partial charge >= 0.3 is 0 Å². The quantitative estimate of drug-likeness (QED) is 0.909. The van der Waals surface area contributed by atoms with Gasteiger partial charge in [0.2, 0.25) is 0 Å². The summed E-state index contributed by atoms with van der Waals surface area (Å²) in [5, 5.41) is 0. The molecule has 2 aromatic rings. The zero-order valence-electron chi connectivity index (χ0n) is 12.1. The second-order valence-corrected chi connectivity index (χ2v) is 7.71. The molecule has 0 aliphatic rings. The summed E-state index contributed by atoms with van der Waals surface area (Å²) in [4.78, 5) is 19.1. The van der Waals surface area contributed by atoms with E-state index in [0.29, 0.717) is 11.1 Å². The van der Waals surface area contributed by atoms with E-state index in [1.165, 1.54) is 0 Å². The molecule has 6 heteroatoms. The zero-order chi connectivity index (χ0) is 14.9. The summed E-state index contributed by atoms with van der Waals surface area (Å²) in [6.45, 7) is 7.47. The van der Waals surface area contributed by atoms with Crippen LogP contribution in [0.4, 0.5) is 0 Å². The molecule has 0 saturated heterocycles. The van der Waals surface area contributed by atoms with Crippen LogP contribution in [0.25, 0.3) is 11.0 Å². The van der Waals surface area contributed by atoms with Gasteiger partial charge in [-0.25, -0.2) is 8.93 Å². The monoisotopic (exact) mass is 293 g/mol. The smallest absolute Gasteiger partial charge is 0.253 e. The fourth-order valence-corrected chi connectivity index (χ4v) is 2.57. The van der Waals surface area contributed by atoms with Crippen molar-refractivity contribution in [2.24, 2.45) is 0 Å². The van der Waals surface area contributed by atoms with Crippen molar-refractivity contribution in [1.82, 2.24) is 14.7 Å². The minimum Gasteiger partial charge on any atom is -0.320 e. The average Bonchev–Trinajstić information content (AvgIpc) is 2.36. The third kappa shape index (κ3) is 3.13. The number of rotatable bonds is 3. The maximum absolute atomic E-state index is 12.1.